The Balaban J connectivity index is 1.10. The molecule has 0 radical (unpaired) electrons. The molecule has 0 fully saturated rings. The summed E-state index contributed by atoms with van der Waals surface area (Å²) >= 11 is 0. The Labute approximate surface area is 362 Å². The van der Waals surface area contributed by atoms with Gasteiger partial charge < -0.3 is 0 Å². The highest BCUT2D eigenvalue weighted by atomic mass is 15.0. The lowest BCUT2D eigenvalue weighted by atomic mass is 9.90. The van der Waals surface area contributed by atoms with Crippen molar-refractivity contribution >= 4 is 22.9 Å². The van der Waals surface area contributed by atoms with Crippen LogP contribution in [0.4, 0.5) is 0 Å². The molecule has 62 heavy (non-hydrogen) atoms. The Kier molecular flexibility index (Phi) is 10.2. The molecule has 0 N–H and O–H groups in total. The Morgan fingerprint density at radius 2 is 0.758 bits per heavy atom. The molecule has 0 aliphatic rings. The number of fused-ring (bicyclic) bond motifs is 1. The molecule has 2 heterocycles. The molecule has 0 bridgehead atoms. The van der Waals surface area contributed by atoms with Crippen LogP contribution in [-0.4, -0.2) is 19.9 Å². The largest absolute Gasteiger partial charge is 0.256 e. The van der Waals surface area contributed by atoms with E-state index in [0.29, 0.717) is 17.5 Å². The summed E-state index contributed by atoms with van der Waals surface area (Å²) in [7, 11) is 0. The highest BCUT2D eigenvalue weighted by Gasteiger charge is 2.17. The van der Waals surface area contributed by atoms with Crippen LogP contribution in [0.3, 0.4) is 0 Å². The number of benzene rings is 8. The van der Waals surface area contributed by atoms with Gasteiger partial charge in [0.25, 0.3) is 0 Å². The van der Waals surface area contributed by atoms with Crippen molar-refractivity contribution in [3.8, 4) is 89.9 Å². The van der Waals surface area contributed by atoms with Crippen molar-refractivity contribution in [2.75, 3.05) is 0 Å². The SMILES string of the molecule is C=Cc1cc(-c2ccc(-c3cc(-c4ccccn4)cc(-c4nc(-c5ccc(-c6ccccc6)cc5)nc(-c5ccc(-c6ccccc6)cc5)n4)c3)cc2)c2ccccc2c1C=C. The van der Waals surface area contributed by atoms with Gasteiger partial charge in [0.05, 0.1) is 5.69 Å². The Morgan fingerprint density at radius 1 is 0.323 bits per heavy atom. The minimum atomic E-state index is 0.575. The summed E-state index contributed by atoms with van der Waals surface area (Å²) in [5.41, 5.74) is 15.6. The van der Waals surface area contributed by atoms with Gasteiger partial charge in [-0.15, -0.1) is 0 Å². The molecule has 0 atom stereocenters. The van der Waals surface area contributed by atoms with Crippen LogP contribution in [0.15, 0.2) is 220 Å². The monoisotopic (exact) mass is 792 g/mol. The van der Waals surface area contributed by atoms with Gasteiger partial charge in [0.1, 0.15) is 0 Å². The summed E-state index contributed by atoms with van der Waals surface area (Å²) in [6.45, 7) is 8.21. The molecule has 10 rings (SSSR count). The van der Waals surface area contributed by atoms with E-state index < -0.39 is 0 Å². The molecule has 0 saturated heterocycles. The second-order valence-corrected chi connectivity index (χ2v) is 15.2. The number of nitrogens with zero attached hydrogens (tertiary/aromatic N) is 4. The third kappa shape index (κ3) is 7.53. The highest BCUT2D eigenvalue weighted by molar-refractivity contribution is 6.03. The second-order valence-electron chi connectivity index (χ2n) is 15.2. The Bertz CT molecular complexity index is 3110. The first-order valence-electron chi connectivity index (χ1n) is 20.7. The van der Waals surface area contributed by atoms with Crippen LogP contribution in [0.25, 0.3) is 113 Å². The minimum Gasteiger partial charge on any atom is -0.256 e. The molecule has 0 aliphatic heterocycles. The first kappa shape index (κ1) is 37.9. The van der Waals surface area contributed by atoms with Crippen molar-refractivity contribution in [1.29, 1.82) is 0 Å². The van der Waals surface area contributed by atoms with Gasteiger partial charge in [0, 0.05) is 28.5 Å². The van der Waals surface area contributed by atoms with Crippen LogP contribution >= 0.6 is 0 Å². The van der Waals surface area contributed by atoms with Crippen LogP contribution in [0, 0.1) is 0 Å². The Morgan fingerprint density at radius 3 is 1.29 bits per heavy atom. The predicted molar refractivity (Wildman–Crippen MR) is 259 cm³/mol. The summed E-state index contributed by atoms with van der Waals surface area (Å²) in [4.78, 5) is 20.2. The summed E-state index contributed by atoms with van der Waals surface area (Å²) in [5.74, 6) is 1.77. The lowest BCUT2D eigenvalue weighted by Gasteiger charge is -2.14. The molecule has 0 unspecified atom stereocenters. The lowest BCUT2D eigenvalue weighted by Crippen LogP contribution is -2.01. The lowest BCUT2D eigenvalue weighted by molar-refractivity contribution is 1.07. The van der Waals surface area contributed by atoms with Crippen LogP contribution in [-0.2, 0) is 0 Å². The average molecular weight is 793 g/mol. The fraction of sp³-hybridized carbons (Fsp3) is 0. The first-order valence-corrected chi connectivity index (χ1v) is 20.7. The number of hydrogen-bond donors (Lipinski definition) is 0. The van der Waals surface area contributed by atoms with E-state index in [2.05, 4.69) is 183 Å². The van der Waals surface area contributed by atoms with Crippen molar-refractivity contribution in [2.24, 2.45) is 0 Å². The molecule has 0 amide bonds. The van der Waals surface area contributed by atoms with Crippen molar-refractivity contribution in [3.63, 3.8) is 0 Å². The molecule has 8 aromatic carbocycles. The van der Waals surface area contributed by atoms with E-state index in [1.165, 1.54) is 5.39 Å². The van der Waals surface area contributed by atoms with E-state index in [4.69, 9.17) is 19.9 Å². The van der Waals surface area contributed by atoms with Crippen LogP contribution < -0.4 is 0 Å². The predicted octanol–water partition coefficient (Wildman–Crippen LogP) is 15.0. The maximum atomic E-state index is 5.19. The average Bonchev–Trinajstić information content (AvgIpc) is 3.36. The number of pyridine rings is 1. The topological polar surface area (TPSA) is 51.6 Å². The molecule has 10 aromatic rings. The second kappa shape index (κ2) is 16.7. The van der Waals surface area contributed by atoms with Crippen LogP contribution in [0.1, 0.15) is 11.1 Å². The van der Waals surface area contributed by atoms with Gasteiger partial charge in [-0.3, -0.25) is 4.98 Å². The van der Waals surface area contributed by atoms with Crippen molar-refractivity contribution in [3.05, 3.63) is 231 Å². The molecule has 4 heteroatoms. The smallest absolute Gasteiger partial charge is 0.164 e. The van der Waals surface area contributed by atoms with Crippen molar-refractivity contribution in [1.82, 2.24) is 19.9 Å². The fourth-order valence-corrected chi connectivity index (χ4v) is 8.15. The van der Waals surface area contributed by atoms with Gasteiger partial charge in [-0.25, -0.2) is 15.0 Å². The van der Waals surface area contributed by atoms with Gasteiger partial charge in [-0.2, -0.15) is 0 Å². The third-order valence-corrected chi connectivity index (χ3v) is 11.4. The summed E-state index contributed by atoms with van der Waals surface area (Å²) in [5, 5.41) is 2.33. The zero-order valence-electron chi connectivity index (χ0n) is 34.0. The maximum absolute atomic E-state index is 5.19. The van der Waals surface area contributed by atoms with E-state index in [0.717, 1.165) is 89.0 Å². The maximum Gasteiger partial charge on any atom is 0.164 e. The van der Waals surface area contributed by atoms with E-state index in [1.54, 1.807) is 0 Å². The normalized spacial score (nSPS) is 11.0. The summed E-state index contributed by atoms with van der Waals surface area (Å²) in [6, 6.07) is 69.6. The van der Waals surface area contributed by atoms with Gasteiger partial charge in [-0.1, -0.05) is 189 Å². The Hall–Kier alpha value is -8.34. The zero-order chi connectivity index (χ0) is 41.8. The molecular weight excluding hydrogens is 753 g/mol. The van der Waals surface area contributed by atoms with Crippen molar-refractivity contribution in [2.45, 2.75) is 0 Å². The van der Waals surface area contributed by atoms with Crippen LogP contribution in [0.5, 0.6) is 0 Å². The van der Waals surface area contributed by atoms with E-state index in [-0.39, 0.29) is 0 Å². The third-order valence-electron chi connectivity index (χ3n) is 11.4. The standard InChI is InChI=1S/C58H40N4/c1-3-39-38-54(53-20-12-11-19-52(53)51(39)4-2)45-28-22-44(23-29-45)48-35-49(55-21-13-14-34-59-55)37-50(36-48)58-61-56(46-30-24-42(25-31-46)40-15-7-5-8-16-40)60-57(62-58)47-32-26-43(27-33-47)41-17-9-6-10-18-41/h3-38H,1-2H2. The van der Waals surface area contributed by atoms with Gasteiger partial charge >= 0.3 is 0 Å². The van der Waals surface area contributed by atoms with Gasteiger partial charge in [0.2, 0.25) is 0 Å². The molecular formula is C58H40N4. The summed E-state index contributed by atoms with van der Waals surface area (Å²) < 4.78 is 0. The molecule has 0 aliphatic carbocycles. The fourth-order valence-electron chi connectivity index (χ4n) is 8.15. The zero-order valence-corrected chi connectivity index (χ0v) is 34.0. The number of rotatable bonds is 10. The molecule has 2 aromatic heterocycles. The highest BCUT2D eigenvalue weighted by Crippen LogP contribution is 2.38. The summed E-state index contributed by atoms with van der Waals surface area (Å²) in [6.07, 6.45) is 5.65. The minimum absolute atomic E-state index is 0.575. The van der Waals surface area contributed by atoms with E-state index in [9.17, 15) is 0 Å². The van der Waals surface area contributed by atoms with Gasteiger partial charge in [0.15, 0.2) is 17.5 Å². The van der Waals surface area contributed by atoms with E-state index in [1.807, 2.05) is 48.7 Å². The van der Waals surface area contributed by atoms with E-state index >= 15 is 0 Å². The quantitative estimate of drug-likeness (QED) is 0.138. The van der Waals surface area contributed by atoms with Crippen molar-refractivity contribution < 1.29 is 0 Å². The van der Waals surface area contributed by atoms with Crippen LogP contribution in [0.2, 0.25) is 0 Å². The first-order chi connectivity index (χ1) is 30.6. The number of hydrogen-bond acceptors (Lipinski definition) is 4. The molecule has 0 spiro atoms. The molecule has 0 saturated carbocycles. The molecule has 4 nitrogen and oxygen atoms in total. The molecule has 292 valence electrons. The number of aromatic nitrogens is 4. The van der Waals surface area contributed by atoms with Gasteiger partial charge in [-0.05, 0) is 103 Å².